The van der Waals surface area contributed by atoms with Gasteiger partial charge in [0.15, 0.2) is 0 Å². The van der Waals surface area contributed by atoms with Crippen LogP contribution in [0.1, 0.15) is 5.56 Å². The van der Waals surface area contributed by atoms with Crippen molar-refractivity contribution in [3.05, 3.63) is 64.1 Å². The maximum atomic E-state index is 12.3. The van der Waals surface area contributed by atoms with Crippen LogP contribution in [0.5, 0.6) is 0 Å². The molecule has 0 spiro atoms. The molecule has 0 aliphatic rings. The van der Waals surface area contributed by atoms with Crippen molar-refractivity contribution >= 4 is 46.6 Å². The highest BCUT2D eigenvalue weighted by atomic mass is 35.5. The first-order chi connectivity index (χ1) is 14.9. The van der Waals surface area contributed by atoms with Crippen LogP contribution < -0.4 is 11.2 Å². The zero-order valence-corrected chi connectivity index (χ0v) is 18.6. The number of rotatable bonds is 6. The van der Waals surface area contributed by atoms with Gasteiger partial charge in [0.25, 0.3) is 0 Å². The fourth-order valence-corrected chi connectivity index (χ4v) is 3.72. The van der Waals surface area contributed by atoms with Gasteiger partial charge in [0.2, 0.25) is 16.9 Å². The summed E-state index contributed by atoms with van der Waals surface area (Å²) in [4.78, 5) is 12.3. The number of amides is 1. The molecule has 0 fully saturated rings. The van der Waals surface area contributed by atoms with Gasteiger partial charge in [-0.3, -0.25) is 9.89 Å². The molecule has 8 nitrogen and oxygen atoms in total. The Morgan fingerprint density at radius 1 is 1.16 bits per heavy atom. The van der Waals surface area contributed by atoms with E-state index >= 15 is 0 Å². The lowest BCUT2D eigenvalue weighted by Gasteiger charge is -2.06. The molecule has 11 heteroatoms. The molecule has 0 aliphatic heterocycles. The van der Waals surface area contributed by atoms with Crippen molar-refractivity contribution in [1.82, 2.24) is 25.1 Å². The third-order valence-electron chi connectivity index (χ3n) is 4.41. The van der Waals surface area contributed by atoms with Crippen molar-refractivity contribution in [3.8, 4) is 22.8 Å². The number of nitrogen functional groups attached to an aromatic ring is 1. The lowest BCUT2D eigenvalue weighted by molar-refractivity contribution is -0.113. The van der Waals surface area contributed by atoms with E-state index < -0.39 is 0 Å². The third-order valence-corrected chi connectivity index (χ3v) is 6.01. The summed E-state index contributed by atoms with van der Waals surface area (Å²) in [6.07, 6.45) is 0. The van der Waals surface area contributed by atoms with E-state index in [4.69, 9.17) is 29.0 Å². The minimum Gasteiger partial charge on any atom is -0.335 e. The van der Waals surface area contributed by atoms with Crippen molar-refractivity contribution < 1.29 is 4.79 Å². The van der Waals surface area contributed by atoms with E-state index in [0.29, 0.717) is 32.4 Å². The van der Waals surface area contributed by atoms with Gasteiger partial charge in [0, 0.05) is 21.3 Å². The fraction of sp³-hybridized carbons (Fsp3) is 0.100. The number of nitrogens with two attached hydrogens (primary N) is 1. The van der Waals surface area contributed by atoms with Crippen LogP contribution in [0.4, 0.5) is 5.69 Å². The summed E-state index contributed by atoms with van der Waals surface area (Å²) in [5.41, 5.74) is 3.79. The zero-order valence-electron chi connectivity index (χ0n) is 16.3. The monoisotopic (exact) mass is 473 g/mol. The van der Waals surface area contributed by atoms with Gasteiger partial charge in [-0.15, -0.1) is 10.2 Å². The van der Waals surface area contributed by atoms with Gasteiger partial charge in [0.1, 0.15) is 5.69 Å². The molecule has 4 aromatic rings. The third kappa shape index (κ3) is 4.84. The number of thioether (sulfide) groups is 1. The van der Waals surface area contributed by atoms with Gasteiger partial charge >= 0.3 is 0 Å². The van der Waals surface area contributed by atoms with E-state index in [1.807, 2.05) is 31.2 Å². The molecule has 0 saturated heterocycles. The highest BCUT2D eigenvalue weighted by Crippen LogP contribution is 2.26. The smallest absolute Gasteiger partial charge is 0.234 e. The summed E-state index contributed by atoms with van der Waals surface area (Å²) < 4.78 is 1.32. The molecule has 0 bridgehead atoms. The summed E-state index contributed by atoms with van der Waals surface area (Å²) in [6, 6.07) is 14.5. The Morgan fingerprint density at radius 2 is 1.94 bits per heavy atom. The number of hydrogen-bond acceptors (Lipinski definition) is 6. The van der Waals surface area contributed by atoms with E-state index in [2.05, 4.69) is 25.7 Å². The van der Waals surface area contributed by atoms with Gasteiger partial charge in [-0.25, -0.2) is 4.68 Å². The number of halogens is 2. The minimum atomic E-state index is -0.207. The van der Waals surface area contributed by atoms with Gasteiger partial charge in [-0.2, -0.15) is 5.10 Å². The van der Waals surface area contributed by atoms with Crippen molar-refractivity contribution in [2.45, 2.75) is 12.1 Å². The van der Waals surface area contributed by atoms with E-state index in [0.717, 1.165) is 16.8 Å². The first kappa shape index (κ1) is 21.2. The number of carbonyl (C=O) groups excluding carboxylic acids is 1. The Labute approximate surface area is 192 Å². The number of nitrogens with one attached hydrogen (secondary N) is 2. The topological polar surface area (TPSA) is 115 Å². The van der Waals surface area contributed by atoms with Gasteiger partial charge < -0.3 is 11.2 Å². The number of aromatic nitrogens is 5. The van der Waals surface area contributed by atoms with Crippen LogP contribution in [-0.2, 0) is 4.79 Å². The molecule has 2 aromatic carbocycles. The quantitative estimate of drug-likeness (QED) is 0.282. The summed E-state index contributed by atoms with van der Waals surface area (Å²) in [7, 11) is 0. The van der Waals surface area contributed by atoms with Crippen molar-refractivity contribution in [2.24, 2.45) is 0 Å². The van der Waals surface area contributed by atoms with Crippen LogP contribution in [-0.4, -0.2) is 36.7 Å². The van der Waals surface area contributed by atoms with Gasteiger partial charge in [0.05, 0.1) is 11.4 Å². The van der Waals surface area contributed by atoms with Gasteiger partial charge in [-0.05, 0) is 42.8 Å². The van der Waals surface area contributed by atoms with Crippen molar-refractivity contribution in [1.29, 1.82) is 0 Å². The lowest BCUT2D eigenvalue weighted by Crippen LogP contribution is -2.16. The molecule has 2 heterocycles. The molecule has 0 aliphatic carbocycles. The van der Waals surface area contributed by atoms with Crippen LogP contribution in [0.3, 0.4) is 0 Å². The van der Waals surface area contributed by atoms with Crippen LogP contribution in [0.2, 0.25) is 10.0 Å². The highest BCUT2D eigenvalue weighted by Gasteiger charge is 2.16. The first-order valence-corrected chi connectivity index (χ1v) is 10.9. The van der Waals surface area contributed by atoms with Crippen LogP contribution >= 0.6 is 35.0 Å². The maximum Gasteiger partial charge on any atom is 0.234 e. The highest BCUT2D eigenvalue weighted by molar-refractivity contribution is 7.99. The second kappa shape index (κ2) is 9.01. The number of hydrogen-bond donors (Lipinski definition) is 3. The van der Waals surface area contributed by atoms with Gasteiger partial charge in [-0.1, -0.05) is 53.2 Å². The molecule has 0 unspecified atom stereocenters. The van der Waals surface area contributed by atoms with Crippen LogP contribution in [0.15, 0.2) is 53.7 Å². The molecule has 4 rings (SSSR count). The minimum absolute atomic E-state index is 0.111. The number of benzene rings is 2. The predicted molar refractivity (Wildman–Crippen MR) is 124 cm³/mol. The van der Waals surface area contributed by atoms with Crippen LogP contribution in [0, 0.1) is 6.92 Å². The molecule has 1 amide bonds. The lowest BCUT2D eigenvalue weighted by atomic mass is 10.1. The molecule has 0 radical (unpaired) electrons. The Bertz CT molecular complexity index is 1240. The number of nitrogens with zero attached hydrogens (tertiary/aromatic N) is 4. The summed E-state index contributed by atoms with van der Waals surface area (Å²) >= 11 is 13.2. The summed E-state index contributed by atoms with van der Waals surface area (Å²) in [5.74, 6) is 6.44. The fourth-order valence-electron chi connectivity index (χ4n) is 2.76. The molecule has 31 heavy (non-hydrogen) atoms. The molecule has 0 atom stereocenters. The van der Waals surface area contributed by atoms with E-state index in [1.54, 1.807) is 24.3 Å². The standard InChI is InChI=1S/C20H17Cl2N7OS/c1-11-2-7-14(8-15(11)22)24-18(30)10-31-20-28-27-19(29(20)23)17-9-16(25-26-17)12-3-5-13(21)6-4-12/h2-9H,10,23H2,1H3,(H,24,30)(H,25,26). The number of aryl methyl sites for hydroxylation is 1. The Balaban J connectivity index is 1.42. The second-order valence-electron chi connectivity index (χ2n) is 6.65. The average Bonchev–Trinajstić information content (AvgIpc) is 3.36. The molecular formula is C20H17Cl2N7OS. The first-order valence-electron chi connectivity index (χ1n) is 9.12. The maximum absolute atomic E-state index is 12.3. The second-order valence-corrected chi connectivity index (χ2v) is 8.44. The van der Waals surface area contributed by atoms with E-state index in [-0.39, 0.29) is 11.7 Å². The molecule has 0 saturated carbocycles. The Hall–Kier alpha value is -3.01. The number of carbonyl (C=O) groups is 1. The molecule has 2 aromatic heterocycles. The Morgan fingerprint density at radius 3 is 2.68 bits per heavy atom. The zero-order chi connectivity index (χ0) is 22.0. The molecular weight excluding hydrogens is 457 g/mol. The average molecular weight is 474 g/mol. The number of aromatic amines is 1. The van der Waals surface area contributed by atoms with Crippen LogP contribution in [0.25, 0.3) is 22.8 Å². The predicted octanol–water partition coefficient (Wildman–Crippen LogP) is 4.40. The number of anilines is 1. The Kier molecular flexibility index (Phi) is 6.17. The van der Waals surface area contributed by atoms with E-state index in [1.165, 1.54) is 16.4 Å². The number of H-pyrrole nitrogens is 1. The SMILES string of the molecule is Cc1ccc(NC(=O)CSc2nnc(-c3cc(-c4ccc(Cl)cc4)n[nH]3)n2N)cc1Cl. The summed E-state index contributed by atoms with van der Waals surface area (Å²) in [5, 5.41) is 19.8. The summed E-state index contributed by atoms with van der Waals surface area (Å²) in [6.45, 7) is 1.90. The largest absolute Gasteiger partial charge is 0.335 e. The normalized spacial score (nSPS) is 10.9. The molecule has 4 N–H and O–H groups in total. The van der Waals surface area contributed by atoms with Crippen molar-refractivity contribution in [3.63, 3.8) is 0 Å². The van der Waals surface area contributed by atoms with Crippen molar-refractivity contribution in [2.75, 3.05) is 16.9 Å². The van der Waals surface area contributed by atoms with E-state index in [9.17, 15) is 4.79 Å². The molecule has 158 valence electrons.